The van der Waals surface area contributed by atoms with Crippen LogP contribution in [0, 0.1) is 5.41 Å². The van der Waals surface area contributed by atoms with E-state index in [4.69, 9.17) is 27.1 Å². The lowest BCUT2D eigenvalue weighted by atomic mass is 10.2. The third-order valence-electron chi connectivity index (χ3n) is 2.18. The molecule has 0 radical (unpaired) electrons. The molecule has 1 aromatic rings. The summed E-state index contributed by atoms with van der Waals surface area (Å²) in [7, 11) is 1.57. The van der Waals surface area contributed by atoms with Crippen molar-refractivity contribution in [2.45, 2.75) is 6.92 Å². The van der Waals surface area contributed by atoms with Crippen LogP contribution in [0.1, 0.15) is 6.92 Å². The van der Waals surface area contributed by atoms with E-state index in [1.807, 2.05) is 5.87 Å². The topological polar surface area (TPSA) is 71.4 Å². The number of benzene rings is 1. The van der Waals surface area contributed by atoms with Gasteiger partial charge in [0.05, 0.1) is 13.7 Å². The molecule has 0 aromatic heterocycles. The van der Waals surface area contributed by atoms with Crippen LogP contribution in [0.4, 0.5) is 5.69 Å². The lowest BCUT2D eigenvalue weighted by Crippen LogP contribution is -2.21. The second kappa shape index (κ2) is 7.31. The number of anilines is 1. The van der Waals surface area contributed by atoms with Crippen LogP contribution < -0.4 is 10.1 Å². The van der Waals surface area contributed by atoms with Crippen LogP contribution in [-0.4, -0.2) is 30.5 Å². The van der Waals surface area contributed by atoms with Crippen molar-refractivity contribution in [3.63, 3.8) is 0 Å². The van der Waals surface area contributed by atoms with Gasteiger partial charge in [-0.15, -0.1) is 0 Å². The Morgan fingerprint density at radius 1 is 1.42 bits per heavy atom. The van der Waals surface area contributed by atoms with Gasteiger partial charge in [-0.2, -0.15) is 0 Å². The third kappa shape index (κ3) is 4.21. The summed E-state index contributed by atoms with van der Waals surface area (Å²) >= 11 is 5.05. The molecule has 5 nitrogen and oxygen atoms in total. The Balaban J connectivity index is 2.77. The fraction of sp³-hybridized carbons (Fsp3) is 0.231. The van der Waals surface area contributed by atoms with Crippen molar-refractivity contribution in [2.75, 3.05) is 19.0 Å². The first-order valence-corrected chi connectivity index (χ1v) is 5.95. The van der Waals surface area contributed by atoms with Gasteiger partial charge in [0.2, 0.25) is 0 Å². The minimum Gasteiger partial charge on any atom is -0.497 e. The SMILES string of the molecule is CCOC(=O)C(=C=N)C(=S)Nc1ccc(OC)cc1. The Bertz CT molecular complexity index is 519. The molecule has 0 spiro atoms. The van der Waals surface area contributed by atoms with Crippen LogP contribution in [0.25, 0.3) is 0 Å². The highest BCUT2D eigenvalue weighted by Gasteiger charge is 2.16. The first-order valence-electron chi connectivity index (χ1n) is 5.54. The van der Waals surface area contributed by atoms with Gasteiger partial charge >= 0.3 is 5.97 Å². The molecule has 0 fully saturated rings. The second-order valence-electron chi connectivity index (χ2n) is 3.40. The maximum atomic E-state index is 11.5. The lowest BCUT2D eigenvalue weighted by molar-refractivity contribution is -0.137. The van der Waals surface area contributed by atoms with E-state index in [2.05, 4.69) is 5.32 Å². The van der Waals surface area contributed by atoms with Gasteiger partial charge in [-0.1, -0.05) is 12.2 Å². The first kappa shape index (κ1) is 14.9. The third-order valence-corrected chi connectivity index (χ3v) is 2.49. The maximum absolute atomic E-state index is 11.5. The molecule has 0 unspecified atom stereocenters. The second-order valence-corrected chi connectivity index (χ2v) is 3.81. The van der Waals surface area contributed by atoms with E-state index in [9.17, 15) is 4.79 Å². The molecule has 6 heteroatoms. The van der Waals surface area contributed by atoms with Crippen LogP contribution in [-0.2, 0) is 9.53 Å². The van der Waals surface area contributed by atoms with E-state index in [0.29, 0.717) is 11.4 Å². The Hall–Kier alpha value is -2.17. The van der Waals surface area contributed by atoms with E-state index in [-0.39, 0.29) is 17.2 Å². The van der Waals surface area contributed by atoms with Crippen molar-refractivity contribution in [1.82, 2.24) is 0 Å². The van der Waals surface area contributed by atoms with Gasteiger partial charge in [0, 0.05) is 5.69 Å². The number of carbonyl (C=O) groups is 1. The molecular weight excluding hydrogens is 264 g/mol. The summed E-state index contributed by atoms with van der Waals surface area (Å²) < 4.78 is 9.81. The highest BCUT2D eigenvalue weighted by Crippen LogP contribution is 2.16. The largest absolute Gasteiger partial charge is 0.497 e. The molecule has 1 rings (SSSR count). The fourth-order valence-electron chi connectivity index (χ4n) is 1.27. The van der Waals surface area contributed by atoms with Crippen molar-refractivity contribution in [2.24, 2.45) is 0 Å². The number of esters is 1. The summed E-state index contributed by atoms with van der Waals surface area (Å²) in [6.07, 6.45) is 0. The molecule has 0 saturated carbocycles. The average molecular weight is 278 g/mol. The number of hydrogen-bond donors (Lipinski definition) is 2. The summed E-state index contributed by atoms with van der Waals surface area (Å²) in [5.74, 6) is 2.04. The Labute approximate surface area is 116 Å². The quantitative estimate of drug-likeness (QED) is 0.374. The van der Waals surface area contributed by atoms with Gasteiger partial charge in [-0.25, -0.2) is 4.79 Å². The molecule has 0 aliphatic heterocycles. The Morgan fingerprint density at radius 3 is 2.53 bits per heavy atom. The molecule has 0 atom stereocenters. The molecule has 100 valence electrons. The van der Waals surface area contributed by atoms with Crippen molar-refractivity contribution < 1.29 is 14.3 Å². The van der Waals surface area contributed by atoms with Crippen molar-refractivity contribution in [1.29, 1.82) is 5.41 Å². The molecule has 0 saturated heterocycles. The fourth-order valence-corrected chi connectivity index (χ4v) is 1.52. The van der Waals surface area contributed by atoms with Gasteiger partial charge in [-0.3, -0.25) is 5.41 Å². The number of thiocarbonyl (C=S) groups is 1. The molecular formula is C13H14N2O3S. The normalized spacial score (nSPS) is 9.16. The van der Waals surface area contributed by atoms with E-state index in [1.165, 1.54) is 0 Å². The zero-order valence-corrected chi connectivity index (χ0v) is 11.5. The smallest absolute Gasteiger partial charge is 0.350 e. The zero-order chi connectivity index (χ0) is 14.3. The molecule has 2 N–H and O–H groups in total. The average Bonchev–Trinajstić information content (AvgIpc) is 2.40. The highest BCUT2D eigenvalue weighted by molar-refractivity contribution is 7.81. The lowest BCUT2D eigenvalue weighted by Gasteiger charge is -2.09. The van der Waals surface area contributed by atoms with E-state index >= 15 is 0 Å². The predicted molar refractivity (Wildman–Crippen MR) is 77.1 cm³/mol. The van der Waals surface area contributed by atoms with Crippen LogP contribution in [0.15, 0.2) is 29.8 Å². The molecule has 19 heavy (non-hydrogen) atoms. The molecule has 0 heterocycles. The molecule has 0 aliphatic carbocycles. The minimum atomic E-state index is -0.663. The van der Waals surface area contributed by atoms with Gasteiger partial charge in [0.15, 0.2) is 5.57 Å². The van der Waals surface area contributed by atoms with E-state index in [1.54, 1.807) is 38.3 Å². The molecule has 0 bridgehead atoms. The van der Waals surface area contributed by atoms with Gasteiger partial charge < -0.3 is 14.8 Å². The summed E-state index contributed by atoms with van der Waals surface area (Å²) in [4.78, 5) is 11.6. The van der Waals surface area contributed by atoms with Gasteiger partial charge in [0.1, 0.15) is 10.7 Å². The number of methoxy groups -OCH3 is 1. The molecule has 0 aliphatic rings. The van der Waals surface area contributed by atoms with Crippen LogP contribution in [0.2, 0.25) is 0 Å². The van der Waals surface area contributed by atoms with Crippen molar-refractivity contribution in [3.8, 4) is 5.75 Å². The minimum absolute atomic E-state index is 0.0959. The molecule has 1 aromatic carbocycles. The Morgan fingerprint density at radius 2 is 2.05 bits per heavy atom. The predicted octanol–water partition coefficient (Wildman–Crippen LogP) is 2.17. The maximum Gasteiger partial charge on any atom is 0.350 e. The van der Waals surface area contributed by atoms with Crippen LogP contribution in [0.5, 0.6) is 5.75 Å². The summed E-state index contributed by atoms with van der Waals surface area (Å²) in [6, 6.07) is 7.00. The number of nitrogens with one attached hydrogen (secondary N) is 2. The summed E-state index contributed by atoms with van der Waals surface area (Å²) in [5.41, 5.74) is 0.579. The number of hydrogen-bond acceptors (Lipinski definition) is 5. The van der Waals surface area contributed by atoms with E-state index < -0.39 is 5.97 Å². The van der Waals surface area contributed by atoms with Gasteiger partial charge in [-0.05, 0) is 37.1 Å². The standard InChI is InChI=1S/C13H14N2O3S/c1-3-18-13(16)11(8-14)12(19)15-9-4-6-10(17-2)7-5-9/h4-7,14H,3H2,1-2H3,(H,15,19). The summed E-state index contributed by atoms with van der Waals surface area (Å²) in [6.45, 7) is 1.90. The van der Waals surface area contributed by atoms with Crippen molar-refractivity contribution in [3.05, 3.63) is 29.8 Å². The molecule has 0 amide bonds. The van der Waals surface area contributed by atoms with Crippen molar-refractivity contribution >= 4 is 34.7 Å². The summed E-state index contributed by atoms with van der Waals surface area (Å²) in [5, 5.41) is 9.93. The number of rotatable bonds is 5. The van der Waals surface area contributed by atoms with Crippen LogP contribution in [0.3, 0.4) is 0 Å². The van der Waals surface area contributed by atoms with Gasteiger partial charge in [0.25, 0.3) is 0 Å². The number of carbonyl (C=O) groups excluding carboxylic acids is 1. The number of ether oxygens (including phenoxy) is 2. The van der Waals surface area contributed by atoms with Crippen LogP contribution >= 0.6 is 12.2 Å². The van der Waals surface area contributed by atoms with E-state index in [0.717, 1.165) is 0 Å². The zero-order valence-electron chi connectivity index (χ0n) is 10.6. The monoisotopic (exact) mass is 278 g/mol. The highest BCUT2D eigenvalue weighted by atomic mass is 32.1. The Kier molecular flexibility index (Phi) is 5.73. The first-order chi connectivity index (χ1) is 9.12.